The van der Waals surface area contributed by atoms with Crippen LogP contribution in [0.2, 0.25) is 0 Å². The molecule has 0 aromatic carbocycles. The van der Waals surface area contributed by atoms with E-state index in [9.17, 15) is 9.59 Å². The van der Waals surface area contributed by atoms with Crippen molar-refractivity contribution in [3.8, 4) is 0 Å². The van der Waals surface area contributed by atoms with Gasteiger partial charge in [-0.1, -0.05) is 6.07 Å². The highest BCUT2D eigenvalue weighted by atomic mass is 16.4. The van der Waals surface area contributed by atoms with E-state index in [1.807, 2.05) is 6.07 Å². The second kappa shape index (κ2) is 5.05. The first kappa shape index (κ1) is 11.7. The van der Waals surface area contributed by atoms with Gasteiger partial charge in [0.15, 0.2) is 0 Å². The maximum atomic E-state index is 11.4. The molecule has 0 radical (unpaired) electrons. The third kappa shape index (κ3) is 2.67. The Labute approximate surface area is 102 Å². The van der Waals surface area contributed by atoms with E-state index in [4.69, 9.17) is 5.11 Å². The van der Waals surface area contributed by atoms with Crippen LogP contribution >= 0.6 is 0 Å². The molecule has 2 aromatic heterocycles. The molecule has 0 bridgehead atoms. The summed E-state index contributed by atoms with van der Waals surface area (Å²) in [6.07, 6.45) is 7.62. The van der Waals surface area contributed by atoms with E-state index in [2.05, 4.69) is 15.0 Å². The SMILES string of the molecule is O=C(O)c1cnc(/C=C/c2cccnc2)[nH]c1=O. The molecule has 2 N–H and O–H groups in total. The molecule has 0 aliphatic carbocycles. The van der Waals surface area contributed by atoms with E-state index >= 15 is 0 Å². The molecule has 0 amide bonds. The minimum atomic E-state index is -1.30. The lowest BCUT2D eigenvalue weighted by Crippen LogP contribution is -2.18. The van der Waals surface area contributed by atoms with Crippen LogP contribution in [0, 0.1) is 0 Å². The van der Waals surface area contributed by atoms with Gasteiger partial charge in [-0.15, -0.1) is 0 Å². The number of aromatic carboxylic acids is 1. The fourth-order valence-corrected chi connectivity index (χ4v) is 1.30. The Kier molecular flexibility index (Phi) is 3.29. The number of carboxylic acids is 1. The van der Waals surface area contributed by atoms with Gasteiger partial charge in [-0.3, -0.25) is 9.78 Å². The van der Waals surface area contributed by atoms with Gasteiger partial charge >= 0.3 is 5.97 Å². The van der Waals surface area contributed by atoms with Crippen LogP contribution in [0.5, 0.6) is 0 Å². The lowest BCUT2D eigenvalue weighted by molar-refractivity contribution is 0.0694. The second-order valence-electron chi connectivity index (χ2n) is 3.44. The molecule has 2 rings (SSSR count). The van der Waals surface area contributed by atoms with E-state index in [0.717, 1.165) is 11.8 Å². The number of nitrogens with one attached hydrogen (secondary N) is 1. The molecule has 6 nitrogen and oxygen atoms in total. The van der Waals surface area contributed by atoms with Crippen molar-refractivity contribution in [3.05, 3.63) is 58.0 Å². The second-order valence-corrected chi connectivity index (χ2v) is 3.44. The van der Waals surface area contributed by atoms with Crippen LogP contribution in [0.25, 0.3) is 12.2 Å². The number of aromatic amines is 1. The van der Waals surface area contributed by atoms with E-state index in [0.29, 0.717) is 0 Å². The highest BCUT2D eigenvalue weighted by Crippen LogP contribution is 2.02. The Hall–Kier alpha value is -2.76. The summed E-state index contributed by atoms with van der Waals surface area (Å²) in [4.78, 5) is 32.1. The largest absolute Gasteiger partial charge is 0.477 e. The maximum absolute atomic E-state index is 11.4. The number of rotatable bonds is 3. The van der Waals surface area contributed by atoms with Crippen molar-refractivity contribution < 1.29 is 9.90 Å². The van der Waals surface area contributed by atoms with Crippen LogP contribution < -0.4 is 5.56 Å². The number of hydrogen-bond acceptors (Lipinski definition) is 4. The average Bonchev–Trinajstić information content (AvgIpc) is 2.37. The molecule has 0 saturated heterocycles. The molecule has 0 atom stereocenters. The van der Waals surface area contributed by atoms with E-state index in [-0.39, 0.29) is 11.4 Å². The van der Waals surface area contributed by atoms with Gasteiger partial charge in [-0.05, 0) is 23.8 Å². The minimum Gasteiger partial charge on any atom is -0.477 e. The van der Waals surface area contributed by atoms with Gasteiger partial charge in [0.2, 0.25) is 0 Å². The summed E-state index contributed by atoms with van der Waals surface area (Å²) in [6.45, 7) is 0. The fourth-order valence-electron chi connectivity index (χ4n) is 1.30. The molecule has 90 valence electrons. The molecule has 2 heterocycles. The Bertz CT molecular complexity index is 647. The van der Waals surface area contributed by atoms with Crippen molar-refractivity contribution in [2.75, 3.05) is 0 Å². The number of aromatic nitrogens is 3. The Morgan fingerprint density at radius 3 is 2.78 bits per heavy atom. The zero-order chi connectivity index (χ0) is 13.0. The lowest BCUT2D eigenvalue weighted by Gasteiger charge is -1.95. The van der Waals surface area contributed by atoms with Gasteiger partial charge in [0.25, 0.3) is 5.56 Å². The summed E-state index contributed by atoms with van der Waals surface area (Å²) in [7, 11) is 0. The number of pyridine rings is 1. The summed E-state index contributed by atoms with van der Waals surface area (Å²) in [5, 5.41) is 8.68. The molecular formula is C12H9N3O3. The molecule has 0 spiro atoms. The Morgan fingerprint density at radius 1 is 1.33 bits per heavy atom. The lowest BCUT2D eigenvalue weighted by atomic mass is 10.2. The van der Waals surface area contributed by atoms with E-state index < -0.39 is 11.5 Å². The smallest absolute Gasteiger partial charge is 0.342 e. The van der Waals surface area contributed by atoms with Gasteiger partial charge in [-0.25, -0.2) is 9.78 Å². The van der Waals surface area contributed by atoms with E-state index in [1.165, 1.54) is 0 Å². The predicted octanol–water partition coefficient (Wildman–Crippen LogP) is 1.03. The zero-order valence-corrected chi connectivity index (χ0v) is 9.20. The normalized spacial score (nSPS) is 10.7. The van der Waals surface area contributed by atoms with Crippen LogP contribution in [0.1, 0.15) is 21.7 Å². The van der Waals surface area contributed by atoms with Gasteiger partial charge in [0.05, 0.1) is 0 Å². The average molecular weight is 243 g/mol. The summed E-state index contributed by atoms with van der Waals surface area (Å²) >= 11 is 0. The standard InChI is InChI=1S/C12H9N3O3/c16-11-9(12(17)18)7-14-10(15-11)4-3-8-2-1-5-13-6-8/h1-7H,(H,17,18)(H,14,15,16)/b4-3+. The first-order valence-electron chi connectivity index (χ1n) is 5.07. The molecule has 2 aromatic rings. The van der Waals surface area contributed by atoms with Gasteiger partial charge in [0, 0.05) is 18.6 Å². The van der Waals surface area contributed by atoms with E-state index in [1.54, 1.807) is 30.6 Å². The molecule has 18 heavy (non-hydrogen) atoms. The van der Waals surface area contributed by atoms with Crippen molar-refractivity contribution in [2.24, 2.45) is 0 Å². The van der Waals surface area contributed by atoms with Crippen LogP contribution in [-0.2, 0) is 0 Å². The van der Waals surface area contributed by atoms with Gasteiger partial charge < -0.3 is 10.1 Å². The van der Waals surface area contributed by atoms with Crippen LogP contribution in [0.4, 0.5) is 0 Å². The van der Waals surface area contributed by atoms with Crippen molar-refractivity contribution in [3.63, 3.8) is 0 Å². The van der Waals surface area contributed by atoms with Gasteiger partial charge in [0.1, 0.15) is 11.4 Å². The van der Waals surface area contributed by atoms with Crippen molar-refractivity contribution in [1.29, 1.82) is 0 Å². The molecule has 6 heteroatoms. The van der Waals surface area contributed by atoms with Crippen molar-refractivity contribution in [1.82, 2.24) is 15.0 Å². The van der Waals surface area contributed by atoms with Crippen LogP contribution in [-0.4, -0.2) is 26.0 Å². The van der Waals surface area contributed by atoms with Crippen molar-refractivity contribution >= 4 is 18.1 Å². The molecular weight excluding hydrogens is 234 g/mol. The number of hydrogen-bond donors (Lipinski definition) is 2. The monoisotopic (exact) mass is 243 g/mol. The highest BCUT2D eigenvalue weighted by Gasteiger charge is 2.08. The van der Waals surface area contributed by atoms with Crippen LogP contribution in [0.3, 0.4) is 0 Å². The third-order valence-corrected chi connectivity index (χ3v) is 2.17. The molecule has 0 saturated carbocycles. The number of H-pyrrole nitrogens is 1. The van der Waals surface area contributed by atoms with Crippen LogP contribution in [0.15, 0.2) is 35.5 Å². The summed E-state index contributed by atoms with van der Waals surface area (Å²) in [5.41, 5.74) is -0.209. The summed E-state index contributed by atoms with van der Waals surface area (Å²) < 4.78 is 0. The first-order chi connectivity index (χ1) is 8.66. The predicted molar refractivity (Wildman–Crippen MR) is 65.0 cm³/mol. The maximum Gasteiger partial charge on any atom is 0.342 e. The Balaban J connectivity index is 2.26. The summed E-state index contributed by atoms with van der Waals surface area (Å²) in [5.74, 6) is -1.01. The number of carbonyl (C=O) groups is 1. The molecule has 0 fully saturated rings. The first-order valence-corrected chi connectivity index (χ1v) is 5.07. The fraction of sp³-hybridized carbons (Fsp3) is 0. The molecule has 0 aliphatic rings. The Morgan fingerprint density at radius 2 is 2.17 bits per heavy atom. The zero-order valence-electron chi connectivity index (χ0n) is 9.20. The van der Waals surface area contributed by atoms with Crippen molar-refractivity contribution in [2.45, 2.75) is 0 Å². The molecule has 0 unspecified atom stereocenters. The topological polar surface area (TPSA) is 95.9 Å². The number of carboxylic acid groups (broad SMARTS) is 1. The number of nitrogens with zero attached hydrogens (tertiary/aromatic N) is 2. The third-order valence-electron chi connectivity index (χ3n) is 2.17. The van der Waals surface area contributed by atoms with Gasteiger partial charge in [-0.2, -0.15) is 0 Å². The highest BCUT2D eigenvalue weighted by molar-refractivity contribution is 5.86. The summed E-state index contributed by atoms with van der Waals surface area (Å²) in [6, 6.07) is 3.62. The quantitative estimate of drug-likeness (QED) is 0.839. The minimum absolute atomic E-state index is 0.286. The molecule has 0 aliphatic heterocycles.